The van der Waals surface area contributed by atoms with Gasteiger partial charge in [0.05, 0.1) is 6.04 Å². The van der Waals surface area contributed by atoms with Crippen molar-refractivity contribution < 1.29 is 18.7 Å². The number of amides is 2. The number of carbonyl (C=O) groups excluding carboxylic acids is 2. The van der Waals surface area contributed by atoms with Gasteiger partial charge in [0.1, 0.15) is 11.4 Å². The largest absolute Gasteiger partial charge is 0.444 e. The molecular formula is C26H31Cl2FN2O3. The number of carbonyl (C=O) groups is 2. The van der Waals surface area contributed by atoms with E-state index < -0.39 is 11.0 Å². The van der Waals surface area contributed by atoms with E-state index in [-0.39, 0.29) is 30.3 Å². The van der Waals surface area contributed by atoms with Crippen LogP contribution in [-0.2, 0) is 14.9 Å². The summed E-state index contributed by atoms with van der Waals surface area (Å²) in [6, 6.07) is 11.2. The molecule has 0 radical (unpaired) electrons. The second kappa shape index (κ2) is 10.5. The van der Waals surface area contributed by atoms with Gasteiger partial charge in [-0.05, 0) is 82.0 Å². The molecule has 0 bridgehead atoms. The number of nitrogens with zero attached hydrogens (tertiary/aromatic N) is 1. The van der Waals surface area contributed by atoms with Gasteiger partial charge < -0.3 is 15.0 Å². The molecule has 1 aliphatic heterocycles. The Balaban J connectivity index is 1.76. The number of piperidine rings is 1. The van der Waals surface area contributed by atoms with Gasteiger partial charge in [-0.3, -0.25) is 4.79 Å². The van der Waals surface area contributed by atoms with Crippen molar-refractivity contribution in [1.82, 2.24) is 10.2 Å². The van der Waals surface area contributed by atoms with E-state index in [9.17, 15) is 14.0 Å². The molecule has 8 heteroatoms. The first kappa shape index (κ1) is 26.3. The minimum absolute atomic E-state index is 0.140. The number of hydrogen-bond acceptors (Lipinski definition) is 3. The van der Waals surface area contributed by atoms with Crippen LogP contribution in [0.15, 0.2) is 42.5 Å². The maximum Gasteiger partial charge on any atom is 0.410 e. The summed E-state index contributed by atoms with van der Waals surface area (Å²) in [6.07, 6.45) is 0.959. The van der Waals surface area contributed by atoms with Crippen LogP contribution in [0.5, 0.6) is 0 Å². The molecular weight excluding hydrogens is 478 g/mol. The van der Waals surface area contributed by atoms with E-state index in [2.05, 4.69) is 5.32 Å². The fourth-order valence-corrected chi connectivity index (χ4v) is 4.87. The van der Waals surface area contributed by atoms with Gasteiger partial charge in [-0.2, -0.15) is 0 Å². The Bertz CT molecular complexity index is 1010. The fourth-order valence-electron chi connectivity index (χ4n) is 4.32. The summed E-state index contributed by atoms with van der Waals surface area (Å²) >= 11 is 12.2. The number of rotatable bonds is 5. The molecule has 34 heavy (non-hydrogen) atoms. The normalized spacial score (nSPS) is 16.6. The summed E-state index contributed by atoms with van der Waals surface area (Å²) in [7, 11) is 0. The van der Waals surface area contributed by atoms with Crippen LogP contribution in [0.2, 0.25) is 10.0 Å². The summed E-state index contributed by atoms with van der Waals surface area (Å²) < 4.78 is 19.1. The van der Waals surface area contributed by atoms with E-state index in [4.69, 9.17) is 27.9 Å². The highest BCUT2D eigenvalue weighted by atomic mass is 35.5. The molecule has 2 aromatic rings. The van der Waals surface area contributed by atoms with Crippen molar-refractivity contribution in [3.63, 3.8) is 0 Å². The summed E-state index contributed by atoms with van der Waals surface area (Å²) in [6.45, 7) is 8.25. The highest BCUT2D eigenvalue weighted by molar-refractivity contribution is 6.34. The topological polar surface area (TPSA) is 58.6 Å². The maximum atomic E-state index is 13.6. The van der Waals surface area contributed by atoms with E-state index in [1.807, 2.05) is 27.7 Å². The van der Waals surface area contributed by atoms with Crippen molar-refractivity contribution in [2.45, 2.75) is 64.0 Å². The molecule has 0 aliphatic carbocycles. The molecule has 1 atom stereocenters. The molecule has 1 N–H and O–H groups in total. The van der Waals surface area contributed by atoms with Crippen LogP contribution >= 0.6 is 23.2 Å². The minimum Gasteiger partial charge on any atom is -0.444 e. The molecule has 1 unspecified atom stereocenters. The van der Waals surface area contributed by atoms with Crippen molar-refractivity contribution in [1.29, 1.82) is 0 Å². The molecule has 0 aromatic heterocycles. The maximum absolute atomic E-state index is 13.6. The number of nitrogens with one attached hydrogen (secondary N) is 1. The van der Waals surface area contributed by atoms with E-state index in [0.29, 0.717) is 36.0 Å². The molecule has 0 saturated carbocycles. The summed E-state index contributed by atoms with van der Waals surface area (Å²) in [5, 5.41) is 4.04. The lowest BCUT2D eigenvalue weighted by atomic mass is 9.70. The van der Waals surface area contributed by atoms with Gasteiger partial charge in [0, 0.05) is 35.0 Å². The second-order valence-electron chi connectivity index (χ2n) is 9.92. The Labute approximate surface area is 210 Å². The predicted octanol–water partition coefficient (Wildman–Crippen LogP) is 6.67. The lowest BCUT2D eigenvalue weighted by Gasteiger charge is -2.42. The highest BCUT2D eigenvalue weighted by Gasteiger charge is 2.40. The Hall–Kier alpha value is -2.31. The molecule has 1 aliphatic rings. The summed E-state index contributed by atoms with van der Waals surface area (Å²) in [5.74, 6) is -0.473. The highest BCUT2D eigenvalue weighted by Crippen LogP contribution is 2.39. The fraction of sp³-hybridized carbons (Fsp3) is 0.462. The predicted molar refractivity (Wildman–Crippen MR) is 133 cm³/mol. The van der Waals surface area contributed by atoms with E-state index in [1.165, 1.54) is 12.1 Å². The van der Waals surface area contributed by atoms with Gasteiger partial charge in [0.25, 0.3) is 0 Å². The van der Waals surface area contributed by atoms with Crippen LogP contribution in [0, 0.1) is 5.82 Å². The molecule has 1 saturated heterocycles. The van der Waals surface area contributed by atoms with Crippen molar-refractivity contribution in [3.8, 4) is 0 Å². The molecule has 1 heterocycles. The van der Waals surface area contributed by atoms with Gasteiger partial charge in [0.2, 0.25) is 5.91 Å². The molecule has 2 aromatic carbocycles. The molecule has 3 rings (SSSR count). The zero-order valence-corrected chi connectivity index (χ0v) is 21.5. The van der Waals surface area contributed by atoms with Crippen molar-refractivity contribution in [2.24, 2.45) is 0 Å². The third-order valence-electron chi connectivity index (χ3n) is 6.09. The zero-order chi connectivity index (χ0) is 25.1. The van der Waals surface area contributed by atoms with Crippen LogP contribution in [0.4, 0.5) is 9.18 Å². The Kier molecular flexibility index (Phi) is 8.14. The standard InChI is InChI=1S/C26H31Cl2FN2O3/c1-17(18-13-20(27)15-21(28)14-18)30-23(32)16-26(19-5-7-22(29)8-6-19)9-11-31(12-10-26)24(33)34-25(2,3)4/h5-8,13-15,17H,9-12,16H2,1-4H3,(H,30,32). The molecule has 2 amide bonds. The van der Waals surface area contributed by atoms with Crippen LogP contribution in [-0.4, -0.2) is 35.6 Å². The van der Waals surface area contributed by atoms with Gasteiger partial charge in [-0.25, -0.2) is 9.18 Å². The van der Waals surface area contributed by atoms with Gasteiger partial charge in [0.15, 0.2) is 0 Å². The van der Waals surface area contributed by atoms with Crippen LogP contribution in [0.3, 0.4) is 0 Å². The first-order chi connectivity index (χ1) is 15.9. The van der Waals surface area contributed by atoms with Crippen LogP contribution in [0.25, 0.3) is 0 Å². The molecule has 1 fully saturated rings. The van der Waals surface area contributed by atoms with Crippen molar-refractivity contribution >= 4 is 35.2 Å². The summed E-state index contributed by atoms with van der Waals surface area (Å²) in [5.41, 5.74) is 0.580. The third kappa shape index (κ3) is 6.86. The zero-order valence-electron chi connectivity index (χ0n) is 20.0. The smallest absolute Gasteiger partial charge is 0.410 e. The molecule has 184 valence electrons. The average molecular weight is 509 g/mol. The Morgan fingerprint density at radius 1 is 1.09 bits per heavy atom. The average Bonchev–Trinajstić information content (AvgIpc) is 2.72. The second-order valence-corrected chi connectivity index (χ2v) is 10.8. The molecule has 0 spiro atoms. The minimum atomic E-state index is -0.582. The SMILES string of the molecule is CC(NC(=O)CC1(c2ccc(F)cc2)CCN(C(=O)OC(C)(C)C)CC1)c1cc(Cl)cc(Cl)c1. The van der Waals surface area contributed by atoms with Crippen molar-refractivity contribution in [2.75, 3.05) is 13.1 Å². The first-order valence-electron chi connectivity index (χ1n) is 11.4. The monoisotopic (exact) mass is 508 g/mol. The molecule has 5 nitrogen and oxygen atoms in total. The van der Waals surface area contributed by atoms with Crippen LogP contribution in [0.1, 0.15) is 64.1 Å². The van der Waals surface area contributed by atoms with E-state index >= 15 is 0 Å². The van der Waals surface area contributed by atoms with Crippen molar-refractivity contribution in [3.05, 3.63) is 69.5 Å². The third-order valence-corrected chi connectivity index (χ3v) is 6.53. The Morgan fingerprint density at radius 3 is 2.18 bits per heavy atom. The number of benzene rings is 2. The lowest BCUT2D eigenvalue weighted by Crippen LogP contribution is -2.48. The Morgan fingerprint density at radius 2 is 1.65 bits per heavy atom. The number of hydrogen-bond donors (Lipinski definition) is 1. The lowest BCUT2D eigenvalue weighted by molar-refractivity contribution is -0.123. The first-order valence-corrected chi connectivity index (χ1v) is 12.1. The van der Waals surface area contributed by atoms with Crippen LogP contribution < -0.4 is 5.32 Å². The van der Waals surface area contributed by atoms with Gasteiger partial charge in [-0.15, -0.1) is 0 Å². The van der Waals surface area contributed by atoms with E-state index in [1.54, 1.807) is 35.2 Å². The number of ether oxygens (including phenoxy) is 1. The van der Waals surface area contributed by atoms with Gasteiger partial charge >= 0.3 is 6.09 Å². The van der Waals surface area contributed by atoms with E-state index in [0.717, 1.165) is 11.1 Å². The summed E-state index contributed by atoms with van der Waals surface area (Å²) in [4.78, 5) is 27.4. The number of halogens is 3. The number of likely N-dealkylation sites (tertiary alicyclic amines) is 1. The van der Waals surface area contributed by atoms with Gasteiger partial charge in [-0.1, -0.05) is 35.3 Å². The quantitative estimate of drug-likeness (QED) is 0.490.